The van der Waals surface area contributed by atoms with Crippen LogP contribution in [0.5, 0.6) is 0 Å². The minimum atomic E-state index is -4.42. The van der Waals surface area contributed by atoms with E-state index in [0.29, 0.717) is 6.42 Å². The number of aliphatic hydroxyl groups excluding tert-OH is 1. The lowest BCUT2D eigenvalue weighted by Gasteiger charge is -2.15. The molecule has 0 heterocycles. The molecule has 10 heteroatoms. The summed E-state index contributed by atoms with van der Waals surface area (Å²) in [6, 6.07) is 0. The van der Waals surface area contributed by atoms with Gasteiger partial charge in [0.1, 0.15) is 12.7 Å². The van der Waals surface area contributed by atoms with Gasteiger partial charge in [0.05, 0.1) is 13.2 Å². The van der Waals surface area contributed by atoms with Gasteiger partial charge in [0.2, 0.25) is 5.91 Å². The molecular weight excluding hydrogens is 774 g/mol. The van der Waals surface area contributed by atoms with E-state index in [-0.39, 0.29) is 32.1 Å². The van der Waals surface area contributed by atoms with Crippen molar-refractivity contribution in [2.24, 2.45) is 0 Å². The zero-order valence-corrected chi connectivity index (χ0v) is 39.8. The second kappa shape index (κ2) is 46.7. The molecular formula is C50H94NO8P. The van der Waals surface area contributed by atoms with Crippen molar-refractivity contribution < 1.29 is 37.9 Å². The highest BCUT2D eigenvalue weighted by atomic mass is 31.2. The van der Waals surface area contributed by atoms with E-state index in [4.69, 9.17) is 13.8 Å². The molecule has 0 aliphatic heterocycles. The van der Waals surface area contributed by atoms with Crippen LogP contribution in [0.25, 0.3) is 0 Å². The fraction of sp³-hybridized carbons (Fsp3) is 0.840. The third-order valence-corrected chi connectivity index (χ3v) is 11.8. The minimum Gasteiger partial charge on any atom is -0.463 e. The van der Waals surface area contributed by atoms with E-state index in [1.807, 2.05) is 0 Å². The summed E-state index contributed by atoms with van der Waals surface area (Å²) < 4.78 is 26.9. The van der Waals surface area contributed by atoms with Gasteiger partial charge in [0, 0.05) is 19.4 Å². The Morgan fingerprint density at radius 2 is 0.950 bits per heavy atom. The van der Waals surface area contributed by atoms with Gasteiger partial charge in [0.25, 0.3) is 0 Å². The maximum absolute atomic E-state index is 12.1. The van der Waals surface area contributed by atoms with Crippen molar-refractivity contribution in [1.82, 2.24) is 5.32 Å². The summed E-state index contributed by atoms with van der Waals surface area (Å²) in [6.07, 6.45) is 53.8. The van der Waals surface area contributed by atoms with Crippen molar-refractivity contribution in [3.05, 3.63) is 36.5 Å². The molecule has 352 valence electrons. The summed E-state index contributed by atoms with van der Waals surface area (Å²) in [4.78, 5) is 34.0. The predicted molar refractivity (Wildman–Crippen MR) is 252 cm³/mol. The monoisotopic (exact) mass is 868 g/mol. The molecule has 0 spiro atoms. The van der Waals surface area contributed by atoms with E-state index < -0.39 is 26.5 Å². The lowest BCUT2D eigenvalue weighted by Crippen LogP contribution is -2.27. The lowest BCUT2D eigenvalue weighted by molar-refractivity contribution is -0.147. The molecule has 9 nitrogen and oxygen atoms in total. The van der Waals surface area contributed by atoms with Crippen LogP contribution < -0.4 is 5.32 Å². The number of allylic oxidation sites excluding steroid dienone is 6. The number of rotatable bonds is 47. The van der Waals surface area contributed by atoms with Gasteiger partial charge in [-0.05, 0) is 44.9 Å². The standard InChI is InChI=1S/C50H94NO8P/c1-3-5-7-9-11-13-15-17-19-20-21-22-23-24-25-26-27-29-31-33-35-37-39-41-43-50(54)57-46-48(52)47-59-60(55,56)58-45-44-51-49(53)42-40-38-36-34-32-30-28-18-16-14-12-10-8-6-4-2/h6,8,12,14,18,28,48,52H,3-5,7,9-11,13,15-17,19-27,29-47H2,1-2H3,(H,51,53)(H,55,56)/b8-6-,14-12-,28-18-. The number of phosphoric acid groups is 1. The van der Waals surface area contributed by atoms with Crippen molar-refractivity contribution in [3.8, 4) is 0 Å². The first-order chi connectivity index (χ1) is 29.3. The van der Waals surface area contributed by atoms with E-state index in [1.54, 1.807) is 0 Å². The normalized spacial score (nSPS) is 13.5. The Balaban J connectivity index is 3.53. The van der Waals surface area contributed by atoms with Crippen LogP contribution in [0.15, 0.2) is 36.5 Å². The highest BCUT2D eigenvalue weighted by Crippen LogP contribution is 2.42. The molecule has 0 bridgehead atoms. The summed E-state index contributed by atoms with van der Waals surface area (Å²) in [5.74, 6) is -0.526. The fourth-order valence-corrected chi connectivity index (χ4v) is 7.86. The van der Waals surface area contributed by atoms with Gasteiger partial charge in [-0.25, -0.2) is 4.57 Å². The Bertz CT molecular complexity index is 1080. The fourth-order valence-electron chi connectivity index (χ4n) is 7.10. The van der Waals surface area contributed by atoms with Gasteiger partial charge in [-0.2, -0.15) is 0 Å². The summed E-state index contributed by atoms with van der Waals surface area (Å²) in [5, 5.41) is 12.7. The van der Waals surface area contributed by atoms with Crippen molar-refractivity contribution in [3.63, 3.8) is 0 Å². The number of hydrogen-bond donors (Lipinski definition) is 3. The van der Waals surface area contributed by atoms with Gasteiger partial charge in [-0.3, -0.25) is 18.6 Å². The molecule has 3 N–H and O–H groups in total. The molecule has 0 aliphatic carbocycles. The number of esters is 1. The summed E-state index contributed by atoms with van der Waals surface area (Å²) >= 11 is 0. The average molecular weight is 868 g/mol. The molecule has 1 amide bonds. The maximum Gasteiger partial charge on any atom is 0.472 e. The van der Waals surface area contributed by atoms with Crippen LogP contribution in [-0.2, 0) is 27.9 Å². The molecule has 0 aromatic carbocycles. The summed E-state index contributed by atoms with van der Waals surface area (Å²) in [5.41, 5.74) is 0. The highest BCUT2D eigenvalue weighted by Gasteiger charge is 2.23. The summed E-state index contributed by atoms with van der Waals surface area (Å²) in [7, 11) is -4.42. The number of carbonyl (C=O) groups is 2. The van der Waals surface area contributed by atoms with Crippen LogP contribution in [0.1, 0.15) is 239 Å². The number of carbonyl (C=O) groups excluding carboxylic acids is 2. The van der Waals surface area contributed by atoms with Crippen LogP contribution in [0, 0.1) is 0 Å². The van der Waals surface area contributed by atoms with Crippen LogP contribution in [0.2, 0.25) is 0 Å². The molecule has 0 radical (unpaired) electrons. The van der Waals surface area contributed by atoms with Crippen LogP contribution in [-0.4, -0.2) is 54.3 Å². The predicted octanol–water partition coefficient (Wildman–Crippen LogP) is 14.5. The van der Waals surface area contributed by atoms with Gasteiger partial charge < -0.3 is 20.1 Å². The van der Waals surface area contributed by atoms with Gasteiger partial charge >= 0.3 is 13.8 Å². The Morgan fingerprint density at radius 3 is 1.43 bits per heavy atom. The van der Waals surface area contributed by atoms with Crippen LogP contribution in [0.3, 0.4) is 0 Å². The smallest absolute Gasteiger partial charge is 0.463 e. The third-order valence-electron chi connectivity index (χ3n) is 10.8. The molecule has 0 aliphatic rings. The quantitative estimate of drug-likeness (QED) is 0.0238. The van der Waals surface area contributed by atoms with Crippen molar-refractivity contribution in [2.45, 2.75) is 245 Å². The Morgan fingerprint density at radius 1 is 0.533 bits per heavy atom. The Hall–Kier alpha value is -1.77. The van der Waals surface area contributed by atoms with Crippen molar-refractivity contribution >= 4 is 19.7 Å². The van der Waals surface area contributed by atoms with Gasteiger partial charge in [-0.1, -0.05) is 217 Å². The number of nitrogens with one attached hydrogen (secondary N) is 1. The van der Waals surface area contributed by atoms with Crippen LogP contribution in [0.4, 0.5) is 0 Å². The molecule has 0 aromatic heterocycles. The average Bonchev–Trinajstić information content (AvgIpc) is 3.23. The minimum absolute atomic E-state index is 0.0729. The number of amides is 1. The van der Waals surface area contributed by atoms with E-state index >= 15 is 0 Å². The van der Waals surface area contributed by atoms with E-state index in [2.05, 4.69) is 55.6 Å². The topological polar surface area (TPSA) is 131 Å². The van der Waals surface area contributed by atoms with E-state index in [1.165, 1.54) is 135 Å². The number of unbranched alkanes of at least 4 members (excludes halogenated alkanes) is 28. The lowest BCUT2D eigenvalue weighted by atomic mass is 10.0. The largest absolute Gasteiger partial charge is 0.472 e. The molecule has 0 saturated carbocycles. The number of ether oxygens (including phenoxy) is 1. The molecule has 0 saturated heterocycles. The maximum atomic E-state index is 12.1. The molecule has 2 unspecified atom stereocenters. The SMILES string of the molecule is CC/C=C\C/C=C\C/C=C\CCCCCCCC(=O)NCCOP(=O)(O)OCC(O)COC(=O)CCCCCCCCCCCCCCCCCCCCCCCCCC. The summed E-state index contributed by atoms with van der Waals surface area (Å²) in [6.45, 7) is 3.46. The molecule has 0 aromatic rings. The molecule has 60 heavy (non-hydrogen) atoms. The molecule has 0 fully saturated rings. The third kappa shape index (κ3) is 47.3. The number of aliphatic hydroxyl groups is 1. The van der Waals surface area contributed by atoms with Gasteiger partial charge in [-0.15, -0.1) is 0 Å². The Labute approximate surface area is 369 Å². The number of hydrogen-bond acceptors (Lipinski definition) is 7. The first kappa shape index (κ1) is 58.2. The van der Waals surface area contributed by atoms with E-state index in [9.17, 15) is 24.2 Å². The first-order valence-corrected chi connectivity index (χ1v) is 26.5. The van der Waals surface area contributed by atoms with E-state index in [0.717, 1.165) is 77.0 Å². The van der Waals surface area contributed by atoms with Gasteiger partial charge in [0.15, 0.2) is 0 Å². The second-order valence-electron chi connectivity index (χ2n) is 16.8. The number of phosphoric ester groups is 1. The first-order valence-electron chi connectivity index (χ1n) is 25.0. The zero-order valence-electron chi connectivity index (χ0n) is 38.9. The highest BCUT2D eigenvalue weighted by molar-refractivity contribution is 7.47. The van der Waals surface area contributed by atoms with Crippen molar-refractivity contribution in [1.29, 1.82) is 0 Å². The van der Waals surface area contributed by atoms with Crippen LogP contribution >= 0.6 is 7.82 Å². The Kier molecular flexibility index (Phi) is 45.3. The zero-order chi connectivity index (χ0) is 43.9. The van der Waals surface area contributed by atoms with Crippen molar-refractivity contribution in [2.75, 3.05) is 26.4 Å². The second-order valence-corrected chi connectivity index (χ2v) is 18.2. The molecule has 0 rings (SSSR count). The molecule has 2 atom stereocenters.